The number of benzene rings is 2. The highest BCUT2D eigenvalue weighted by Gasteiger charge is 2.27. The smallest absolute Gasteiger partial charge is 0.243 e. The Labute approximate surface area is 142 Å². The molecule has 0 bridgehead atoms. The first kappa shape index (κ1) is 16.7. The van der Waals surface area contributed by atoms with Gasteiger partial charge in [0.25, 0.3) is 0 Å². The summed E-state index contributed by atoms with van der Waals surface area (Å²) >= 11 is 0. The molecule has 5 nitrogen and oxygen atoms in total. The van der Waals surface area contributed by atoms with Gasteiger partial charge >= 0.3 is 0 Å². The van der Waals surface area contributed by atoms with Crippen LogP contribution in [0.4, 0.5) is 0 Å². The summed E-state index contributed by atoms with van der Waals surface area (Å²) in [6, 6.07) is 14.6. The van der Waals surface area contributed by atoms with Crippen LogP contribution >= 0.6 is 0 Å². The van der Waals surface area contributed by atoms with Gasteiger partial charge in [-0.25, -0.2) is 13.4 Å². The van der Waals surface area contributed by atoms with Crippen molar-refractivity contribution in [3.63, 3.8) is 0 Å². The minimum absolute atomic E-state index is 0.144. The van der Waals surface area contributed by atoms with Gasteiger partial charge in [0.15, 0.2) is 0 Å². The van der Waals surface area contributed by atoms with Crippen molar-refractivity contribution in [2.45, 2.75) is 31.3 Å². The lowest BCUT2D eigenvalue weighted by Gasteiger charge is -2.26. The average Bonchev–Trinajstić information content (AvgIpc) is 2.94. The van der Waals surface area contributed by atoms with E-state index in [2.05, 4.69) is 4.98 Å². The van der Waals surface area contributed by atoms with Crippen molar-refractivity contribution in [2.75, 3.05) is 0 Å². The number of aromatic nitrogens is 2. The zero-order valence-electron chi connectivity index (χ0n) is 14.0. The SMILES string of the molecule is CC(C)N(Cc1ccccc1)S(=O)(=O)c1ccc2c(c1)ncn2C. The van der Waals surface area contributed by atoms with Crippen LogP contribution in [-0.2, 0) is 23.6 Å². The van der Waals surface area contributed by atoms with Gasteiger partial charge in [-0.15, -0.1) is 0 Å². The third-order valence-electron chi connectivity index (χ3n) is 4.06. The summed E-state index contributed by atoms with van der Waals surface area (Å²) in [5, 5.41) is 0. The minimum atomic E-state index is -3.60. The number of nitrogens with zero attached hydrogens (tertiary/aromatic N) is 3. The summed E-state index contributed by atoms with van der Waals surface area (Å²) < 4.78 is 29.6. The number of aryl methyl sites for hydroxylation is 1. The third-order valence-corrected chi connectivity index (χ3v) is 6.08. The Morgan fingerprint density at radius 2 is 1.83 bits per heavy atom. The summed E-state index contributed by atoms with van der Waals surface area (Å²) in [5.74, 6) is 0. The zero-order chi connectivity index (χ0) is 17.3. The molecule has 0 aliphatic heterocycles. The second-order valence-corrected chi connectivity index (χ2v) is 8.03. The van der Waals surface area contributed by atoms with Gasteiger partial charge in [-0.05, 0) is 37.6 Å². The van der Waals surface area contributed by atoms with Crippen molar-refractivity contribution in [1.29, 1.82) is 0 Å². The highest BCUT2D eigenvalue weighted by Crippen LogP contribution is 2.24. The van der Waals surface area contributed by atoms with Gasteiger partial charge in [0, 0.05) is 19.6 Å². The van der Waals surface area contributed by atoms with E-state index in [9.17, 15) is 8.42 Å². The molecule has 0 radical (unpaired) electrons. The Morgan fingerprint density at radius 1 is 1.12 bits per heavy atom. The Morgan fingerprint density at radius 3 is 2.50 bits per heavy atom. The van der Waals surface area contributed by atoms with E-state index in [1.165, 1.54) is 4.31 Å². The molecule has 0 aliphatic rings. The number of hydrogen-bond acceptors (Lipinski definition) is 3. The van der Waals surface area contributed by atoms with E-state index < -0.39 is 10.0 Å². The zero-order valence-corrected chi connectivity index (χ0v) is 14.9. The van der Waals surface area contributed by atoms with Crippen LogP contribution in [0.5, 0.6) is 0 Å². The van der Waals surface area contributed by atoms with Gasteiger partial charge in [-0.2, -0.15) is 4.31 Å². The topological polar surface area (TPSA) is 55.2 Å². The highest BCUT2D eigenvalue weighted by molar-refractivity contribution is 7.89. The number of hydrogen-bond donors (Lipinski definition) is 0. The summed E-state index contributed by atoms with van der Waals surface area (Å²) in [7, 11) is -1.71. The molecule has 0 spiro atoms. The quantitative estimate of drug-likeness (QED) is 0.715. The molecule has 6 heteroatoms. The molecule has 1 heterocycles. The van der Waals surface area contributed by atoms with Crippen molar-refractivity contribution < 1.29 is 8.42 Å². The van der Waals surface area contributed by atoms with Gasteiger partial charge in [0.05, 0.1) is 22.3 Å². The molecule has 24 heavy (non-hydrogen) atoms. The average molecular weight is 343 g/mol. The maximum absolute atomic E-state index is 13.1. The van der Waals surface area contributed by atoms with Gasteiger partial charge < -0.3 is 4.57 Å². The molecule has 0 atom stereocenters. The molecule has 3 aromatic rings. The van der Waals surface area contributed by atoms with Gasteiger partial charge in [-0.3, -0.25) is 0 Å². The molecule has 1 aromatic heterocycles. The molecule has 0 unspecified atom stereocenters. The Bertz CT molecular complexity index is 947. The molecule has 0 saturated heterocycles. The summed E-state index contributed by atoms with van der Waals surface area (Å²) in [5.41, 5.74) is 2.56. The van der Waals surface area contributed by atoms with Gasteiger partial charge in [0.2, 0.25) is 10.0 Å². The summed E-state index contributed by atoms with van der Waals surface area (Å²) in [6.45, 7) is 4.13. The second kappa shape index (κ2) is 6.37. The van der Waals surface area contributed by atoms with Crippen molar-refractivity contribution in [3.05, 3.63) is 60.4 Å². The standard InChI is InChI=1S/C18H21N3O2S/c1-14(2)21(12-15-7-5-4-6-8-15)24(22,23)16-9-10-18-17(11-16)19-13-20(18)3/h4-11,13-14H,12H2,1-3H3. The first-order chi connectivity index (χ1) is 11.4. The maximum atomic E-state index is 13.1. The van der Waals surface area contributed by atoms with E-state index in [-0.39, 0.29) is 10.9 Å². The molecule has 2 aromatic carbocycles. The van der Waals surface area contributed by atoms with Crippen LogP contribution in [0.15, 0.2) is 59.8 Å². The second-order valence-electron chi connectivity index (χ2n) is 6.14. The minimum Gasteiger partial charge on any atom is -0.334 e. The normalized spacial score (nSPS) is 12.4. The van der Waals surface area contributed by atoms with Crippen molar-refractivity contribution in [3.8, 4) is 0 Å². The lowest BCUT2D eigenvalue weighted by atomic mass is 10.2. The molecule has 0 aliphatic carbocycles. The molecular weight excluding hydrogens is 322 g/mol. The van der Waals surface area contributed by atoms with Crippen LogP contribution in [0.1, 0.15) is 19.4 Å². The van der Waals surface area contributed by atoms with E-state index in [4.69, 9.17) is 0 Å². The van der Waals surface area contributed by atoms with Crippen molar-refractivity contribution in [2.24, 2.45) is 7.05 Å². The number of rotatable bonds is 5. The monoisotopic (exact) mass is 343 g/mol. The highest BCUT2D eigenvalue weighted by atomic mass is 32.2. The fraction of sp³-hybridized carbons (Fsp3) is 0.278. The van der Waals surface area contributed by atoms with Crippen LogP contribution < -0.4 is 0 Å². The van der Waals surface area contributed by atoms with Crippen LogP contribution in [0, 0.1) is 0 Å². The molecule has 126 valence electrons. The predicted octanol–water partition coefficient (Wildman–Crippen LogP) is 3.17. The van der Waals surface area contributed by atoms with Gasteiger partial charge in [0.1, 0.15) is 0 Å². The predicted molar refractivity (Wildman–Crippen MR) is 95.0 cm³/mol. The number of fused-ring (bicyclic) bond motifs is 1. The maximum Gasteiger partial charge on any atom is 0.243 e. The Balaban J connectivity index is 2.01. The van der Waals surface area contributed by atoms with E-state index in [0.29, 0.717) is 12.1 Å². The van der Waals surface area contributed by atoms with E-state index in [1.807, 2.05) is 55.8 Å². The first-order valence-electron chi connectivity index (χ1n) is 7.86. The number of imidazole rings is 1. The Kier molecular flexibility index (Phi) is 4.43. The van der Waals surface area contributed by atoms with Crippen LogP contribution in [0.3, 0.4) is 0 Å². The van der Waals surface area contributed by atoms with E-state index in [1.54, 1.807) is 24.5 Å². The van der Waals surface area contributed by atoms with E-state index >= 15 is 0 Å². The molecule has 0 amide bonds. The molecule has 3 rings (SSSR count). The van der Waals surface area contributed by atoms with Crippen molar-refractivity contribution in [1.82, 2.24) is 13.9 Å². The fourth-order valence-corrected chi connectivity index (χ4v) is 4.37. The van der Waals surface area contributed by atoms with Crippen LogP contribution in [0.25, 0.3) is 11.0 Å². The fourth-order valence-electron chi connectivity index (χ4n) is 2.72. The summed E-state index contributed by atoms with van der Waals surface area (Å²) in [6.07, 6.45) is 1.69. The first-order valence-corrected chi connectivity index (χ1v) is 9.30. The molecule has 0 saturated carbocycles. The Hall–Kier alpha value is -2.18. The number of sulfonamides is 1. The van der Waals surface area contributed by atoms with Gasteiger partial charge in [-0.1, -0.05) is 30.3 Å². The molecular formula is C18H21N3O2S. The van der Waals surface area contributed by atoms with E-state index in [0.717, 1.165) is 11.1 Å². The largest absolute Gasteiger partial charge is 0.334 e. The van der Waals surface area contributed by atoms with Crippen LogP contribution in [0.2, 0.25) is 0 Å². The third kappa shape index (κ3) is 3.07. The lowest BCUT2D eigenvalue weighted by Crippen LogP contribution is -2.36. The van der Waals surface area contributed by atoms with Crippen LogP contribution in [-0.4, -0.2) is 28.3 Å². The summed E-state index contributed by atoms with van der Waals surface area (Å²) in [4.78, 5) is 4.54. The molecule has 0 N–H and O–H groups in total. The lowest BCUT2D eigenvalue weighted by molar-refractivity contribution is 0.348. The van der Waals surface area contributed by atoms with Crippen molar-refractivity contribution >= 4 is 21.1 Å². The molecule has 0 fully saturated rings.